The first-order valence-electron chi connectivity index (χ1n) is 11.7. The molecule has 0 radical (unpaired) electrons. The van der Waals surface area contributed by atoms with Crippen LogP contribution in [0.4, 0.5) is 14.6 Å². The van der Waals surface area contributed by atoms with Crippen LogP contribution in [-0.2, 0) is 0 Å². The van der Waals surface area contributed by atoms with Crippen molar-refractivity contribution in [1.29, 1.82) is 0 Å². The first kappa shape index (κ1) is 21.8. The van der Waals surface area contributed by atoms with Gasteiger partial charge < -0.3 is 15.3 Å². The second-order valence-corrected chi connectivity index (χ2v) is 9.12. The minimum absolute atomic E-state index is 0.0434. The van der Waals surface area contributed by atoms with E-state index in [-0.39, 0.29) is 18.6 Å². The van der Waals surface area contributed by atoms with Gasteiger partial charge in [0.2, 0.25) is 0 Å². The lowest BCUT2D eigenvalue weighted by molar-refractivity contribution is 0.0916. The molecule has 5 rings (SSSR count). The highest BCUT2D eigenvalue weighted by molar-refractivity contribution is 6.06. The van der Waals surface area contributed by atoms with Crippen molar-refractivity contribution >= 4 is 17.2 Å². The number of carbonyl (C=O) groups excluding carboxylic acids is 1. The van der Waals surface area contributed by atoms with Crippen molar-refractivity contribution in [2.45, 2.75) is 50.6 Å². The SMILES string of the molecule is O=C(NC1CCC(CO)CC1)c1c(N2CCC[C@@H]2c2cc(F)ccc2F)nn2ccccc12. The topological polar surface area (TPSA) is 69.9 Å². The predicted octanol–water partition coefficient (Wildman–Crippen LogP) is 4.23. The fraction of sp³-hybridized carbons (Fsp3) is 0.440. The Kier molecular flexibility index (Phi) is 6.01. The molecule has 1 atom stereocenters. The fourth-order valence-electron chi connectivity index (χ4n) is 5.27. The number of rotatable bonds is 5. The Hall–Kier alpha value is -3.00. The number of benzene rings is 1. The standard InChI is InChI=1S/C25H28F2N4O2/c26-17-8-11-20(27)19(14-17)21-5-3-12-30(21)24-23(22-4-1-2-13-31(22)29-24)25(33)28-18-9-6-16(15-32)7-10-18/h1-2,4,8,11,13-14,16,18,21,32H,3,5-7,9-10,12,15H2,(H,28,33)/t16?,18?,21-/m1/s1. The van der Waals surface area contributed by atoms with Gasteiger partial charge in [0.15, 0.2) is 5.82 Å². The average Bonchev–Trinajstić information content (AvgIpc) is 3.45. The van der Waals surface area contributed by atoms with Gasteiger partial charge in [-0.25, -0.2) is 13.3 Å². The zero-order valence-electron chi connectivity index (χ0n) is 18.4. The summed E-state index contributed by atoms with van der Waals surface area (Å²) in [6.07, 6.45) is 6.65. The van der Waals surface area contributed by atoms with E-state index in [1.54, 1.807) is 10.7 Å². The average molecular weight is 455 g/mol. The molecule has 0 bridgehead atoms. The molecule has 174 valence electrons. The molecule has 1 aromatic carbocycles. The zero-order valence-corrected chi connectivity index (χ0v) is 18.4. The van der Waals surface area contributed by atoms with Crippen molar-refractivity contribution in [3.63, 3.8) is 0 Å². The van der Waals surface area contributed by atoms with Crippen LogP contribution >= 0.6 is 0 Å². The van der Waals surface area contributed by atoms with Crippen LogP contribution in [0.3, 0.4) is 0 Å². The quantitative estimate of drug-likeness (QED) is 0.605. The van der Waals surface area contributed by atoms with E-state index in [2.05, 4.69) is 5.32 Å². The number of amides is 1. The lowest BCUT2D eigenvalue weighted by Gasteiger charge is -2.29. The van der Waals surface area contributed by atoms with Gasteiger partial charge in [0, 0.05) is 31.0 Å². The van der Waals surface area contributed by atoms with Gasteiger partial charge in [0.1, 0.15) is 17.2 Å². The number of nitrogens with one attached hydrogen (secondary N) is 1. The molecule has 33 heavy (non-hydrogen) atoms. The van der Waals surface area contributed by atoms with Crippen molar-refractivity contribution in [2.24, 2.45) is 5.92 Å². The Morgan fingerprint density at radius 2 is 1.94 bits per heavy atom. The third-order valence-electron chi connectivity index (χ3n) is 7.03. The highest BCUT2D eigenvalue weighted by atomic mass is 19.1. The van der Waals surface area contributed by atoms with Crippen molar-refractivity contribution < 1.29 is 18.7 Å². The van der Waals surface area contributed by atoms with Crippen LogP contribution in [-0.4, -0.2) is 39.8 Å². The lowest BCUT2D eigenvalue weighted by Crippen LogP contribution is -2.38. The molecule has 2 N–H and O–H groups in total. The number of halogens is 2. The molecule has 2 aromatic heterocycles. The maximum Gasteiger partial charge on any atom is 0.257 e. The Morgan fingerprint density at radius 3 is 2.73 bits per heavy atom. The molecule has 1 amide bonds. The number of aliphatic hydroxyl groups is 1. The van der Waals surface area contributed by atoms with Crippen LogP contribution in [0.25, 0.3) is 5.52 Å². The van der Waals surface area contributed by atoms with E-state index in [0.717, 1.165) is 44.2 Å². The highest BCUT2D eigenvalue weighted by Gasteiger charge is 2.35. The highest BCUT2D eigenvalue weighted by Crippen LogP contribution is 2.39. The first-order valence-corrected chi connectivity index (χ1v) is 11.7. The Bertz CT molecular complexity index is 1160. The number of aliphatic hydroxyl groups excluding tert-OH is 1. The third-order valence-corrected chi connectivity index (χ3v) is 7.03. The van der Waals surface area contributed by atoms with E-state index in [4.69, 9.17) is 5.10 Å². The molecule has 8 heteroatoms. The molecule has 1 saturated carbocycles. The van der Waals surface area contributed by atoms with Gasteiger partial charge in [0.05, 0.1) is 11.6 Å². The summed E-state index contributed by atoms with van der Waals surface area (Å²) >= 11 is 0. The zero-order chi connectivity index (χ0) is 22.9. The molecule has 0 unspecified atom stereocenters. The number of fused-ring (bicyclic) bond motifs is 1. The van der Waals surface area contributed by atoms with Crippen LogP contribution in [0.5, 0.6) is 0 Å². The van der Waals surface area contributed by atoms with Crippen molar-refractivity contribution in [1.82, 2.24) is 14.9 Å². The number of nitrogens with zero attached hydrogens (tertiary/aromatic N) is 3. The Balaban J connectivity index is 1.49. The summed E-state index contributed by atoms with van der Waals surface area (Å²) in [5, 5.41) is 17.2. The molecule has 6 nitrogen and oxygen atoms in total. The maximum absolute atomic E-state index is 14.6. The van der Waals surface area contributed by atoms with E-state index in [1.807, 2.05) is 23.1 Å². The molecule has 1 aliphatic carbocycles. The smallest absolute Gasteiger partial charge is 0.257 e. The van der Waals surface area contributed by atoms with Crippen LogP contribution in [0.1, 0.15) is 60.5 Å². The lowest BCUT2D eigenvalue weighted by atomic mass is 9.86. The normalized spacial score (nSPS) is 23.2. The van der Waals surface area contributed by atoms with Gasteiger partial charge in [-0.05, 0) is 74.8 Å². The number of anilines is 1. The van der Waals surface area contributed by atoms with E-state index < -0.39 is 17.7 Å². The minimum atomic E-state index is -0.482. The van der Waals surface area contributed by atoms with Gasteiger partial charge in [-0.3, -0.25) is 4.79 Å². The van der Waals surface area contributed by atoms with Crippen molar-refractivity contribution in [3.05, 3.63) is 65.4 Å². The van der Waals surface area contributed by atoms with Gasteiger partial charge in [-0.2, -0.15) is 0 Å². The van der Waals surface area contributed by atoms with Crippen molar-refractivity contribution in [2.75, 3.05) is 18.1 Å². The molecule has 3 aromatic rings. The molecule has 1 aliphatic heterocycles. The number of pyridine rings is 1. The molecule has 2 aliphatic rings. The van der Waals surface area contributed by atoms with E-state index in [0.29, 0.717) is 41.3 Å². The van der Waals surface area contributed by atoms with E-state index in [1.165, 1.54) is 6.07 Å². The number of carbonyl (C=O) groups is 1. The van der Waals surface area contributed by atoms with Gasteiger partial charge >= 0.3 is 0 Å². The molecule has 0 spiro atoms. The van der Waals surface area contributed by atoms with Crippen LogP contribution < -0.4 is 10.2 Å². The molecular weight excluding hydrogens is 426 g/mol. The van der Waals surface area contributed by atoms with Gasteiger partial charge in [-0.15, -0.1) is 5.10 Å². The number of aromatic nitrogens is 2. The molecule has 1 saturated heterocycles. The fourth-order valence-corrected chi connectivity index (χ4v) is 5.27. The van der Waals surface area contributed by atoms with Crippen LogP contribution in [0.15, 0.2) is 42.6 Å². The Labute approximate surface area is 191 Å². The summed E-state index contributed by atoms with van der Waals surface area (Å²) in [5.41, 5.74) is 1.43. The van der Waals surface area contributed by atoms with E-state index >= 15 is 0 Å². The maximum atomic E-state index is 14.6. The molecular formula is C25H28F2N4O2. The Morgan fingerprint density at radius 1 is 1.12 bits per heavy atom. The molecule has 2 fully saturated rings. The van der Waals surface area contributed by atoms with Gasteiger partial charge in [0.25, 0.3) is 5.91 Å². The van der Waals surface area contributed by atoms with Crippen LogP contribution in [0.2, 0.25) is 0 Å². The van der Waals surface area contributed by atoms with Gasteiger partial charge in [-0.1, -0.05) is 6.07 Å². The van der Waals surface area contributed by atoms with Crippen LogP contribution in [0, 0.1) is 17.6 Å². The predicted molar refractivity (Wildman–Crippen MR) is 121 cm³/mol. The summed E-state index contributed by atoms with van der Waals surface area (Å²) < 4.78 is 30.2. The number of hydrogen-bond donors (Lipinski definition) is 2. The summed E-state index contributed by atoms with van der Waals surface area (Å²) in [6.45, 7) is 0.790. The minimum Gasteiger partial charge on any atom is -0.396 e. The number of hydrogen-bond acceptors (Lipinski definition) is 4. The monoisotopic (exact) mass is 454 g/mol. The largest absolute Gasteiger partial charge is 0.396 e. The second kappa shape index (κ2) is 9.09. The summed E-state index contributed by atoms with van der Waals surface area (Å²) in [6, 6.07) is 8.72. The molecule has 3 heterocycles. The first-order chi connectivity index (χ1) is 16.0. The summed E-state index contributed by atoms with van der Waals surface area (Å²) in [5.74, 6) is -0.344. The van der Waals surface area contributed by atoms with E-state index in [9.17, 15) is 18.7 Å². The van der Waals surface area contributed by atoms with Crippen molar-refractivity contribution in [3.8, 4) is 0 Å². The second-order valence-electron chi connectivity index (χ2n) is 9.12. The third kappa shape index (κ3) is 4.19. The summed E-state index contributed by atoms with van der Waals surface area (Å²) in [7, 11) is 0. The summed E-state index contributed by atoms with van der Waals surface area (Å²) in [4.78, 5) is 15.4.